The number of halogens is 2. The molecule has 1 heterocycles. The summed E-state index contributed by atoms with van der Waals surface area (Å²) in [7, 11) is 0. The van der Waals surface area contributed by atoms with Gasteiger partial charge >= 0.3 is 0 Å². The van der Waals surface area contributed by atoms with Crippen LogP contribution in [0.3, 0.4) is 0 Å². The van der Waals surface area contributed by atoms with Gasteiger partial charge in [-0.1, -0.05) is 6.07 Å². The lowest BCUT2D eigenvalue weighted by atomic mass is 10.3. The van der Waals surface area contributed by atoms with E-state index in [0.717, 1.165) is 12.1 Å². The number of benzene rings is 2. The molecule has 0 atom stereocenters. The molecule has 0 fully saturated rings. The first-order chi connectivity index (χ1) is 10.6. The molecular formula is C15H11F2NO4. The van der Waals surface area contributed by atoms with Gasteiger partial charge in [0.05, 0.1) is 0 Å². The van der Waals surface area contributed by atoms with Crippen molar-refractivity contribution in [3.05, 3.63) is 48.0 Å². The Hall–Kier alpha value is -2.83. The fourth-order valence-electron chi connectivity index (χ4n) is 1.91. The maximum Gasteiger partial charge on any atom is 0.262 e. The first-order valence-corrected chi connectivity index (χ1v) is 6.40. The van der Waals surface area contributed by atoms with Crippen LogP contribution in [0.15, 0.2) is 36.4 Å². The molecule has 0 unspecified atom stereocenters. The van der Waals surface area contributed by atoms with Gasteiger partial charge in [-0.2, -0.15) is 0 Å². The third-order valence-corrected chi connectivity index (χ3v) is 2.94. The number of fused-ring (bicyclic) bond motifs is 1. The molecule has 0 saturated heterocycles. The summed E-state index contributed by atoms with van der Waals surface area (Å²) in [5.74, 6) is -0.897. The monoisotopic (exact) mass is 307 g/mol. The molecule has 7 heteroatoms. The lowest BCUT2D eigenvalue weighted by molar-refractivity contribution is -0.118. The Bertz CT molecular complexity index is 700. The van der Waals surface area contributed by atoms with Gasteiger partial charge in [0.1, 0.15) is 23.1 Å². The van der Waals surface area contributed by atoms with E-state index in [-0.39, 0.29) is 6.79 Å². The van der Waals surface area contributed by atoms with E-state index in [2.05, 4.69) is 5.32 Å². The van der Waals surface area contributed by atoms with E-state index < -0.39 is 29.8 Å². The molecule has 3 rings (SSSR count). The van der Waals surface area contributed by atoms with Crippen molar-refractivity contribution in [1.82, 2.24) is 0 Å². The fraction of sp³-hybridized carbons (Fsp3) is 0.133. The minimum atomic E-state index is -0.851. The van der Waals surface area contributed by atoms with Gasteiger partial charge in [0, 0.05) is 6.07 Å². The van der Waals surface area contributed by atoms with Crippen molar-refractivity contribution in [2.75, 3.05) is 18.7 Å². The summed E-state index contributed by atoms with van der Waals surface area (Å²) in [6.07, 6.45) is 0. The third-order valence-electron chi connectivity index (χ3n) is 2.94. The SMILES string of the molecule is O=C(COc1ccc2c(c1)OCO2)Nc1c(F)cccc1F. The first kappa shape index (κ1) is 14.1. The van der Waals surface area contributed by atoms with Crippen LogP contribution >= 0.6 is 0 Å². The zero-order chi connectivity index (χ0) is 15.5. The van der Waals surface area contributed by atoms with Gasteiger partial charge in [-0.3, -0.25) is 4.79 Å². The lowest BCUT2D eigenvalue weighted by Crippen LogP contribution is -2.21. The average Bonchev–Trinajstić information content (AvgIpc) is 2.96. The van der Waals surface area contributed by atoms with E-state index in [1.54, 1.807) is 18.2 Å². The van der Waals surface area contributed by atoms with Crippen molar-refractivity contribution in [1.29, 1.82) is 0 Å². The molecule has 0 aromatic heterocycles. The Morgan fingerprint density at radius 1 is 1.14 bits per heavy atom. The van der Waals surface area contributed by atoms with Crippen LogP contribution in [0.25, 0.3) is 0 Å². The van der Waals surface area contributed by atoms with Gasteiger partial charge < -0.3 is 19.5 Å². The Morgan fingerprint density at radius 2 is 1.86 bits per heavy atom. The molecule has 2 aromatic rings. The fourth-order valence-corrected chi connectivity index (χ4v) is 1.91. The van der Waals surface area contributed by atoms with Crippen molar-refractivity contribution < 1.29 is 27.8 Å². The molecule has 5 nitrogen and oxygen atoms in total. The van der Waals surface area contributed by atoms with Crippen LogP contribution in [0.2, 0.25) is 0 Å². The van der Waals surface area contributed by atoms with Crippen LogP contribution in [-0.4, -0.2) is 19.3 Å². The Kier molecular flexibility index (Phi) is 3.78. The van der Waals surface area contributed by atoms with Crippen molar-refractivity contribution in [2.24, 2.45) is 0 Å². The second kappa shape index (κ2) is 5.88. The van der Waals surface area contributed by atoms with Gasteiger partial charge in [0.25, 0.3) is 5.91 Å². The molecule has 0 spiro atoms. The first-order valence-electron chi connectivity index (χ1n) is 6.40. The maximum absolute atomic E-state index is 13.4. The molecule has 1 aliphatic heterocycles. The number of anilines is 1. The highest BCUT2D eigenvalue weighted by Crippen LogP contribution is 2.35. The van der Waals surface area contributed by atoms with E-state index in [1.165, 1.54) is 6.07 Å². The number of ether oxygens (including phenoxy) is 3. The number of hydrogen-bond donors (Lipinski definition) is 1. The van der Waals surface area contributed by atoms with Crippen molar-refractivity contribution in [3.8, 4) is 17.2 Å². The smallest absolute Gasteiger partial charge is 0.262 e. The van der Waals surface area contributed by atoms with Crippen molar-refractivity contribution in [2.45, 2.75) is 0 Å². The van der Waals surface area contributed by atoms with Crippen LogP contribution in [0.4, 0.5) is 14.5 Å². The highest BCUT2D eigenvalue weighted by Gasteiger charge is 2.15. The molecule has 114 valence electrons. The molecule has 0 radical (unpaired) electrons. The summed E-state index contributed by atoms with van der Waals surface area (Å²) in [5, 5.41) is 2.13. The maximum atomic E-state index is 13.4. The van der Waals surface area contributed by atoms with E-state index in [0.29, 0.717) is 17.2 Å². The zero-order valence-corrected chi connectivity index (χ0v) is 11.3. The van der Waals surface area contributed by atoms with Crippen molar-refractivity contribution in [3.63, 3.8) is 0 Å². The van der Waals surface area contributed by atoms with E-state index >= 15 is 0 Å². The van der Waals surface area contributed by atoms with E-state index in [4.69, 9.17) is 14.2 Å². The number of carbonyl (C=O) groups excluding carboxylic acids is 1. The van der Waals surface area contributed by atoms with Gasteiger partial charge in [-0.05, 0) is 24.3 Å². The summed E-state index contributed by atoms with van der Waals surface area (Å²) in [6, 6.07) is 8.13. The second-order valence-electron chi connectivity index (χ2n) is 4.45. The van der Waals surface area contributed by atoms with Crippen LogP contribution < -0.4 is 19.5 Å². The number of rotatable bonds is 4. The lowest BCUT2D eigenvalue weighted by Gasteiger charge is -2.09. The molecule has 2 aromatic carbocycles. The largest absolute Gasteiger partial charge is 0.484 e. The third kappa shape index (κ3) is 2.93. The van der Waals surface area contributed by atoms with Crippen molar-refractivity contribution >= 4 is 11.6 Å². The van der Waals surface area contributed by atoms with E-state index in [9.17, 15) is 13.6 Å². The summed E-state index contributed by atoms with van der Waals surface area (Å²) >= 11 is 0. The average molecular weight is 307 g/mol. The minimum absolute atomic E-state index is 0.131. The van der Waals surface area contributed by atoms with E-state index in [1.807, 2.05) is 0 Å². The summed E-state index contributed by atoms with van der Waals surface area (Å²) in [4.78, 5) is 11.7. The Labute approximate surface area is 124 Å². The standard InChI is InChI=1S/C15H11F2NO4/c16-10-2-1-3-11(17)15(10)18-14(19)7-20-9-4-5-12-13(6-9)22-8-21-12/h1-6H,7-8H2,(H,18,19). The predicted octanol–water partition coefficient (Wildman–Crippen LogP) is 2.71. The number of para-hydroxylation sites is 1. The van der Waals surface area contributed by atoms with Crippen LogP contribution in [-0.2, 0) is 4.79 Å². The van der Waals surface area contributed by atoms with Crippen LogP contribution in [0, 0.1) is 11.6 Å². The normalized spacial score (nSPS) is 12.1. The summed E-state index contributed by atoms with van der Waals surface area (Å²) < 4.78 is 42.4. The second-order valence-corrected chi connectivity index (χ2v) is 4.45. The highest BCUT2D eigenvalue weighted by atomic mass is 19.1. The number of amides is 1. The number of carbonyl (C=O) groups is 1. The highest BCUT2D eigenvalue weighted by molar-refractivity contribution is 5.92. The summed E-state index contributed by atoms with van der Waals surface area (Å²) in [6.45, 7) is -0.265. The Morgan fingerprint density at radius 3 is 2.64 bits per heavy atom. The minimum Gasteiger partial charge on any atom is -0.484 e. The number of hydrogen-bond acceptors (Lipinski definition) is 4. The molecule has 0 aliphatic carbocycles. The topological polar surface area (TPSA) is 56.8 Å². The van der Waals surface area contributed by atoms with Gasteiger partial charge in [-0.15, -0.1) is 0 Å². The molecule has 0 bridgehead atoms. The molecule has 0 saturated carbocycles. The number of nitrogens with one attached hydrogen (secondary N) is 1. The van der Waals surface area contributed by atoms with Gasteiger partial charge in [-0.25, -0.2) is 8.78 Å². The van der Waals surface area contributed by atoms with Gasteiger partial charge in [0.2, 0.25) is 6.79 Å². The molecular weight excluding hydrogens is 296 g/mol. The molecule has 22 heavy (non-hydrogen) atoms. The zero-order valence-electron chi connectivity index (χ0n) is 11.3. The van der Waals surface area contributed by atoms with Crippen LogP contribution in [0.5, 0.6) is 17.2 Å². The molecule has 1 amide bonds. The predicted molar refractivity (Wildman–Crippen MR) is 73.0 cm³/mol. The molecule has 1 N–H and O–H groups in total. The Balaban J connectivity index is 1.61. The molecule has 1 aliphatic rings. The summed E-state index contributed by atoms with van der Waals surface area (Å²) in [5.41, 5.74) is -0.498. The van der Waals surface area contributed by atoms with Crippen LogP contribution in [0.1, 0.15) is 0 Å². The quantitative estimate of drug-likeness (QED) is 0.943. The van der Waals surface area contributed by atoms with Gasteiger partial charge in [0.15, 0.2) is 18.1 Å².